The number of para-hydroxylation sites is 1. The summed E-state index contributed by atoms with van der Waals surface area (Å²) in [5, 5.41) is 12.2. The Bertz CT molecular complexity index is 1120. The van der Waals surface area contributed by atoms with Gasteiger partial charge in [-0.15, -0.1) is 0 Å². The van der Waals surface area contributed by atoms with E-state index >= 15 is 0 Å². The van der Waals surface area contributed by atoms with Crippen LogP contribution >= 0.6 is 0 Å². The lowest BCUT2D eigenvalue weighted by Gasteiger charge is -2.50. The minimum Gasteiger partial charge on any atom is -0.451 e. The molecule has 1 aliphatic rings. The molecule has 1 aromatic heterocycles. The van der Waals surface area contributed by atoms with Crippen LogP contribution < -0.4 is 5.43 Å². The fourth-order valence-electron chi connectivity index (χ4n) is 5.11. The highest BCUT2D eigenvalue weighted by Gasteiger charge is 2.48. The first kappa shape index (κ1) is 21.3. The highest BCUT2D eigenvalue weighted by atomic mass is 16.3. The third-order valence-electron chi connectivity index (χ3n) is 6.61. The Balaban J connectivity index is 1.71. The number of nitrogens with zero attached hydrogens (tertiary/aromatic N) is 1. The van der Waals surface area contributed by atoms with Crippen LogP contribution in [-0.4, -0.2) is 28.5 Å². The second-order valence-corrected chi connectivity index (χ2v) is 8.38. The maximum Gasteiger partial charge on any atom is 0.289 e. The lowest BCUT2D eigenvalue weighted by atomic mass is 9.69. The van der Waals surface area contributed by atoms with Crippen LogP contribution in [0.1, 0.15) is 55.6 Å². The summed E-state index contributed by atoms with van der Waals surface area (Å²) >= 11 is 0. The second kappa shape index (κ2) is 8.67. The fraction of sp³-hybridized carbons (Fsp3) is 0.385. The largest absolute Gasteiger partial charge is 0.451 e. The SMILES string of the molecule is CCC[C@@H]1[C@H](CC)N(C(=O)c2cc(=O)c3ccccc3o2)CC[C@@]1(O)c1ccccc1. The maximum atomic E-state index is 13.5. The molecule has 4 rings (SSSR count). The maximum absolute atomic E-state index is 13.5. The second-order valence-electron chi connectivity index (χ2n) is 8.38. The van der Waals surface area contributed by atoms with Gasteiger partial charge in [0.1, 0.15) is 5.58 Å². The highest BCUT2D eigenvalue weighted by molar-refractivity contribution is 5.93. The Labute approximate surface area is 182 Å². The van der Waals surface area contributed by atoms with Gasteiger partial charge in [-0.1, -0.05) is 62.7 Å². The van der Waals surface area contributed by atoms with Crippen LogP contribution in [0.3, 0.4) is 0 Å². The van der Waals surface area contributed by atoms with Crippen LogP contribution in [0.5, 0.6) is 0 Å². The minimum absolute atomic E-state index is 0.0579. The molecule has 2 heterocycles. The molecule has 2 aromatic carbocycles. The van der Waals surface area contributed by atoms with E-state index in [1.54, 1.807) is 29.2 Å². The summed E-state index contributed by atoms with van der Waals surface area (Å²) in [5.41, 5.74) is 0.102. The summed E-state index contributed by atoms with van der Waals surface area (Å²) in [7, 11) is 0. The van der Waals surface area contributed by atoms with Crippen LogP contribution in [0.15, 0.2) is 69.9 Å². The molecule has 3 atom stereocenters. The van der Waals surface area contributed by atoms with Crippen LogP contribution in [-0.2, 0) is 5.60 Å². The van der Waals surface area contributed by atoms with Gasteiger partial charge in [0.2, 0.25) is 0 Å². The van der Waals surface area contributed by atoms with Crippen molar-refractivity contribution in [2.75, 3.05) is 6.54 Å². The number of carbonyl (C=O) groups excluding carboxylic acids is 1. The zero-order valence-corrected chi connectivity index (χ0v) is 18.1. The number of fused-ring (bicyclic) bond motifs is 1. The predicted octanol–water partition coefficient (Wildman–Crippen LogP) is 4.72. The first-order chi connectivity index (χ1) is 15.0. The van der Waals surface area contributed by atoms with E-state index in [1.165, 1.54) is 6.07 Å². The number of benzene rings is 2. The molecule has 1 fully saturated rings. The number of carbonyl (C=O) groups is 1. The Kier molecular flexibility index (Phi) is 5.96. The van der Waals surface area contributed by atoms with Crippen molar-refractivity contribution >= 4 is 16.9 Å². The monoisotopic (exact) mass is 419 g/mol. The van der Waals surface area contributed by atoms with E-state index < -0.39 is 5.60 Å². The van der Waals surface area contributed by atoms with Crippen molar-refractivity contribution in [3.63, 3.8) is 0 Å². The molecule has 0 bridgehead atoms. The van der Waals surface area contributed by atoms with Crippen LogP contribution in [0, 0.1) is 5.92 Å². The number of aliphatic hydroxyl groups is 1. The molecule has 5 heteroatoms. The molecule has 1 N–H and O–H groups in total. The van der Waals surface area contributed by atoms with Crippen molar-refractivity contribution < 1.29 is 14.3 Å². The molecule has 162 valence electrons. The van der Waals surface area contributed by atoms with E-state index in [-0.39, 0.29) is 29.1 Å². The topological polar surface area (TPSA) is 70.8 Å². The predicted molar refractivity (Wildman–Crippen MR) is 121 cm³/mol. The van der Waals surface area contributed by atoms with Gasteiger partial charge >= 0.3 is 0 Å². The van der Waals surface area contributed by atoms with Crippen molar-refractivity contribution in [3.8, 4) is 0 Å². The number of piperidine rings is 1. The van der Waals surface area contributed by atoms with Gasteiger partial charge < -0.3 is 14.4 Å². The third kappa shape index (κ3) is 3.79. The molecular weight excluding hydrogens is 390 g/mol. The van der Waals surface area contributed by atoms with Gasteiger partial charge in [0.05, 0.1) is 11.0 Å². The summed E-state index contributed by atoms with van der Waals surface area (Å²) in [6.07, 6.45) is 2.86. The molecule has 1 aliphatic heterocycles. The highest BCUT2D eigenvalue weighted by Crippen LogP contribution is 2.44. The summed E-state index contributed by atoms with van der Waals surface area (Å²) in [6, 6.07) is 17.9. The first-order valence-corrected chi connectivity index (χ1v) is 11.1. The summed E-state index contributed by atoms with van der Waals surface area (Å²) in [5.74, 6) is -0.330. The molecule has 1 amide bonds. The van der Waals surface area contributed by atoms with E-state index in [2.05, 4.69) is 6.92 Å². The molecule has 3 aromatic rings. The van der Waals surface area contributed by atoms with Gasteiger partial charge in [-0.3, -0.25) is 9.59 Å². The minimum atomic E-state index is -0.987. The average molecular weight is 420 g/mol. The van der Waals surface area contributed by atoms with Gasteiger partial charge in [0.15, 0.2) is 11.2 Å². The zero-order valence-electron chi connectivity index (χ0n) is 18.1. The van der Waals surface area contributed by atoms with Crippen LogP contribution in [0.2, 0.25) is 0 Å². The van der Waals surface area contributed by atoms with Crippen molar-refractivity contribution in [1.29, 1.82) is 0 Å². The standard InChI is InChI=1S/C26H29NO4/c1-3-10-20-21(4-2)27(16-15-26(20,30)18-11-6-5-7-12-18)25(29)24-17-22(28)19-13-8-9-14-23(19)31-24/h5-9,11-14,17,20-21,30H,3-4,10,15-16H2,1-2H3/t20-,21+,26-/m1/s1. The molecule has 0 aliphatic carbocycles. The van der Waals surface area contributed by atoms with Crippen molar-refractivity contribution in [3.05, 3.63) is 82.2 Å². The number of likely N-dealkylation sites (tertiary alicyclic amines) is 1. The number of hydrogen-bond donors (Lipinski definition) is 1. The van der Waals surface area contributed by atoms with Gasteiger partial charge in [0.25, 0.3) is 5.91 Å². The number of rotatable bonds is 5. The molecule has 0 unspecified atom stereocenters. The first-order valence-electron chi connectivity index (χ1n) is 11.1. The Morgan fingerprint density at radius 3 is 2.55 bits per heavy atom. The van der Waals surface area contributed by atoms with E-state index in [0.29, 0.717) is 30.4 Å². The third-order valence-corrected chi connectivity index (χ3v) is 6.61. The fourth-order valence-corrected chi connectivity index (χ4v) is 5.11. The molecular formula is C26H29NO4. The molecule has 0 saturated carbocycles. The average Bonchev–Trinajstić information content (AvgIpc) is 2.80. The lowest BCUT2D eigenvalue weighted by molar-refractivity contribution is -0.101. The smallest absolute Gasteiger partial charge is 0.289 e. The van der Waals surface area contributed by atoms with Gasteiger partial charge in [-0.05, 0) is 37.0 Å². The zero-order chi connectivity index (χ0) is 22.0. The Morgan fingerprint density at radius 1 is 1.13 bits per heavy atom. The quantitative estimate of drug-likeness (QED) is 0.649. The number of hydrogen-bond acceptors (Lipinski definition) is 4. The van der Waals surface area contributed by atoms with E-state index in [1.807, 2.05) is 37.3 Å². The van der Waals surface area contributed by atoms with E-state index in [9.17, 15) is 14.7 Å². The van der Waals surface area contributed by atoms with Crippen molar-refractivity contribution in [2.24, 2.45) is 5.92 Å². The van der Waals surface area contributed by atoms with E-state index in [4.69, 9.17) is 4.42 Å². The Morgan fingerprint density at radius 2 is 1.84 bits per heavy atom. The summed E-state index contributed by atoms with van der Waals surface area (Å²) in [6.45, 7) is 4.54. The molecule has 0 spiro atoms. The van der Waals surface area contributed by atoms with Gasteiger partial charge in [-0.2, -0.15) is 0 Å². The molecule has 1 saturated heterocycles. The van der Waals surface area contributed by atoms with Crippen molar-refractivity contribution in [2.45, 2.75) is 51.2 Å². The molecule has 5 nitrogen and oxygen atoms in total. The van der Waals surface area contributed by atoms with Crippen LogP contribution in [0.4, 0.5) is 0 Å². The summed E-state index contributed by atoms with van der Waals surface area (Å²) < 4.78 is 5.83. The normalized spacial score (nSPS) is 23.8. The molecule has 0 radical (unpaired) electrons. The van der Waals surface area contributed by atoms with Crippen LogP contribution in [0.25, 0.3) is 11.0 Å². The summed E-state index contributed by atoms with van der Waals surface area (Å²) in [4.78, 5) is 27.8. The molecule has 31 heavy (non-hydrogen) atoms. The lowest BCUT2D eigenvalue weighted by Crippen LogP contribution is -2.57. The van der Waals surface area contributed by atoms with E-state index in [0.717, 1.165) is 18.4 Å². The number of amides is 1. The van der Waals surface area contributed by atoms with Gasteiger partial charge in [-0.25, -0.2) is 0 Å². The van der Waals surface area contributed by atoms with Crippen molar-refractivity contribution in [1.82, 2.24) is 4.90 Å². The van der Waals surface area contributed by atoms with Gasteiger partial charge in [0, 0.05) is 24.6 Å². The Hall–Kier alpha value is -2.92.